The Labute approximate surface area is 125 Å². The van der Waals surface area contributed by atoms with Crippen LogP contribution in [0.25, 0.3) is 11.4 Å². The van der Waals surface area contributed by atoms with Crippen LogP contribution in [-0.4, -0.2) is 25.1 Å². The number of nitro benzene ring substituents is 1. The highest BCUT2D eigenvalue weighted by Crippen LogP contribution is 2.18. The first kappa shape index (κ1) is 13.7. The molecule has 0 saturated carbocycles. The molecule has 0 unspecified atom stereocenters. The molecular weight excluding hydrogens is 286 g/mol. The molecule has 0 bridgehead atoms. The van der Waals surface area contributed by atoms with E-state index in [0.29, 0.717) is 17.4 Å². The molecule has 0 aliphatic carbocycles. The van der Waals surface area contributed by atoms with Crippen molar-refractivity contribution in [3.05, 3.63) is 64.7 Å². The molecule has 2 aromatic heterocycles. The molecule has 1 N–H and O–H groups in total. The van der Waals surface area contributed by atoms with Gasteiger partial charge < -0.3 is 4.74 Å². The first-order valence-electron chi connectivity index (χ1n) is 6.41. The number of aromatic nitrogens is 4. The van der Waals surface area contributed by atoms with Crippen LogP contribution >= 0.6 is 0 Å². The van der Waals surface area contributed by atoms with Gasteiger partial charge in [0.2, 0.25) is 0 Å². The number of aromatic amines is 1. The van der Waals surface area contributed by atoms with Crippen LogP contribution in [0.15, 0.2) is 48.8 Å². The number of rotatable bonds is 5. The Hall–Kier alpha value is -3.29. The summed E-state index contributed by atoms with van der Waals surface area (Å²) in [6.45, 7) is 0.190. The molecule has 0 fully saturated rings. The van der Waals surface area contributed by atoms with Crippen LogP contribution in [0.3, 0.4) is 0 Å². The van der Waals surface area contributed by atoms with Crippen LogP contribution in [-0.2, 0) is 6.61 Å². The van der Waals surface area contributed by atoms with E-state index >= 15 is 0 Å². The van der Waals surface area contributed by atoms with E-state index < -0.39 is 4.92 Å². The summed E-state index contributed by atoms with van der Waals surface area (Å²) < 4.78 is 5.51. The molecule has 110 valence electrons. The van der Waals surface area contributed by atoms with E-state index in [9.17, 15) is 10.1 Å². The van der Waals surface area contributed by atoms with Gasteiger partial charge in [0.15, 0.2) is 11.6 Å². The zero-order valence-corrected chi connectivity index (χ0v) is 11.3. The van der Waals surface area contributed by atoms with Gasteiger partial charge in [-0.05, 0) is 24.3 Å². The van der Waals surface area contributed by atoms with Crippen LogP contribution in [0.4, 0.5) is 5.69 Å². The number of hydrogen-bond acceptors (Lipinski definition) is 6. The van der Waals surface area contributed by atoms with Crippen LogP contribution in [0, 0.1) is 10.1 Å². The molecule has 0 amide bonds. The van der Waals surface area contributed by atoms with Crippen molar-refractivity contribution in [1.29, 1.82) is 0 Å². The third-order valence-corrected chi connectivity index (χ3v) is 2.89. The van der Waals surface area contributed by atoms with Gasteiger partial charge in [-0.15, -0.1) is 0 Å². The quantitative estimate of drug-likeness (QED) is 0.572. The van der Waals surface area contributed by atoms with Crippen molar-refractivity contribution in [2.24, 2.45) is 0 Å². The third kappa shape index (κ3) is 3.06. The molecule has 3 aromatic rings. The average molecular weight is 297 g/mol. The fourth-order valence-electron chi connectivity index (χ4n) is 1.81. The Morgan fingerprint density at radius 1 is 1.14 bits per heavy atom. The fourth-order valence-corrected chi connectivity index (χ4v) is 1.81. The monoisotopic (exact) mass is 297 g/mol. The van der Waals surface area contributed by atoms with Gasteiger partial charge in [0.1, 0.15) is 12.4 Å². The molecule has 8 heteroatoms. The van der Waals surface area contributed by atoms with Crippen LogP contribution < -0.4 is 4.74 Å². The minimum atomic E-state index is -0.457. The lowest BCUT2D eigenvalue weighted by Gasteiger charge is -2.02. The SMILES string of the molecule is O=[N+]([O-])c1ccc(OCc2nc(-c3ccncc3)n[nH]2)cc1. The van der Waals surface area contributed by atoms with Crippen LogP contribution in [0.5, 0.6) is 5.75 Å². The highest BCUT2D eigenvalue weighted by atomic mass is 16.6. The number of non-ortho nitro benzene ring substituents is 1. The van der Waals surface area contributed by atoms with E-state index in [4.69, 9.17) is 4.74 Å². The Kier molecular flexibility index (Phi) is 3.73. The van der Waals surface area contributed by atoms with Gasteiger partial charge in [-0.3, -0.25) is 20.2 Å². The molecule has 0 radical (unpaired) electrons. The predicted molar refractivity (Wildman–Crippen MR) is 77.0 cm³/mol. The minimum Gasteiger partial charge on any atom is -0.486 e. The first-order valence-corrected chi connectivity index (χ1v) is 6.41. The number of nitro groups is 1. The fraction of sp³-hybridized carbons (Fsp3) is 0.0714. The van der Waals surface area contributed by atoms with Crippen molar-refractivity contribution in [2.45, 2.75) is 6.61 Å². The lowest BCUT2D eigenvalue weighted by atomic mass is 10.2. The summed E-state index contributed by atoms with van der Waals surface area (Å²) in [5.74, 6) is 1.64. The smallest absolute Gasteiger partial charge is 0.269 e. The van der Waals surface area contributed by atoms with Gasteiger partial charge >= 0.3 is 0 Å². The van der Waals surface area contributed by atoms with Crippen LogP contribution in [0.2, 0.25) is 0 Å². The van der Waals surface area contributed by atoms with E-state index in [1.165, 1.54) is 24.3 Å². The number of hydrogen-bond donors (Lipinski definition) is 1. The van der Waals surface area contributed by atoms with Crippen molar-refractivity contribution < 1.29 is 9.66 Å². The van der Waals surface area contributed by atoms with E-state index in [0.717, 1.165) is 5.56 Å². The number of benzene rings is 1. The van der Waals surface area contributed by atoms with Crippen LogP contribution in [0.1, 0.15) is 5.82 Å². The van der Waals surface area contributed by atoms with Crippen molar-refractivity contribution in [3.63, 3.8) is 0 Å². The molecule has 0 aliphatic heterocycles. The molecule has 2 heterocycles. The number of nitrogens with zero attached hydrogens (tertiary/aromatic N) is 4. The summed E-state index contributed by atoms with van der Waals surface area (Å²) in [7, 11) is 0. The lowest BCUT2D eigenvalue weighted by molar-refractivity contribution is -0.384. The highest BCUT2D eigenvalue weighted by Gasteiger charge is 2.07. The Morgan fingerprint density at radius 3 is 2.55 bits per heavy atom. The van der Waals surface area contributed by atoms with E-state index in [2.05, 4.69) is 20.2 Å². The molecular formula is C14H11N5O3. The molecule has 8 nitrogen and oxygen atoms in total. The summed E-state index contributed by atoms with van der Waals surface area (Å²) in [6, 6.07) is 9.47. The first-order chi connectivity index (χ1) is 10.7. The number of ether oxygens (including phenoxy) is 1. The second-order valence-corrected chi connectivity index (χ2v) is 4.38. The molecule has 3 rings (SSSR count). The standard InChI is InChI=1S/C14H11N5O3/c20-19(21)11-1-3-12(4-2-11)22-9-13-16-14(18-17-13)10-5-7-15-8-6-10/h1-8H,9H2,(H,16,17,18). The molecule has 22 heavy (non-hydrogen) atoms. The number of H-pyrrole nitrogens is 1. The number of nitrogens with one attached hydrogen (secondary N) is 1. The van der Waals surface area contributed by atoms with Crippen molar-refractivity contribution in [2.75, 3.05) is 0 Å². The molecule has 0 aliphatic rings. The predicted octanol–water partition coefficient (Wildman–Crippen LogP) is 2.35. The minimum absolute atomic E-state index is 0.0204. The lowest BCUT2D eigenvalue weighted by Crippen LogP contribution is -1.98. The van der Waals surface area contributed by atoms with E-state index in [1.807, 2.05) is 12.1 Å². The Bertz CT molecular complexity index is 771. The average Bonchev–Trinajstić information content (AvgIpc) is 3.03. The Morgan fingerprint density at radius 2 is 1.86 bits per heavy atom. The van der Waals surface area contributed by atoms with Gasteiger partial charge in [-0.2, -0.15) is 5.10 Å². The summed E-state index contributed by atoms with van der Waals surface area (Å²) in [4.78, 5) is 18.4. The number of pyridine rings is 1. The summed E-state index contributed by atoms with van der Waals surface area (Å²) in [5.41, 5.74) is 0.875. The molecule has 0 saturated heterocycles. The second-order valence-electron chi connectivity index (χ2n) is 4.38. The van der Waals surface area contributed by atoms with Crippen molar-refractivity contribution >= 4 is 5.69 Å². The van der Waals surface area contributed by atoms with Gasteiger partial charge in [0.25, 0.3) is 5.69 Å². The zero-order chi connectivity index (χ0) is 15.4. The summed E-state index contributed by atoms with van der Waals surface area (Å²) in [5, 5.41) is 17.5. The van der Waals surface area contributed by atoms with E-state index in [1.54, 1.807) is 12.4 Å². The second kappa shape index (κ2) is 6.00. The summed E-state index contributed by atoms with van der Waals surface area (Å²) in [6.07, 6.45) is 3.33. The summed E-state index contributed by atoms with van der Waals surface area (Å²) >= 11 is 0. The maximum atomic E-state index is 10.6. The molecule has 0 atom stereocenters. The van der Waals surface area contributed by atoms with Gasteiger partial charge in [-0.25, -0.2) is 4.98 Å². The largest absolute Gasteiger partial charge is 0.486 e. The van der Waals surface area contributed by atoms with Gasteiger partial charge in [0, 0.05) is 30.1 Å². The van der Waals surface area contributed by atoms with Crippen molar-refractivity contribution in [1.82, 2.24) is 20.2 Å². The van der Waals surface area contributed by atoms with Gasteiger partial charge in [0.05, 0.1) is 4.92 Å². The highest BCUT2D eigenvalue weighted by molar-refractivity contribution is 5.52. The maximum Gasteiger partial charge on any atom is 0.269 e. The maximum absolute atomic E-state index is 10.6. The van der Waals surface area contributed by atoms with E-state index in [-0.39, 0.29) is 12.3 Å². The topological polar surface area (TPSA) is 107 Å². The normalized spacial score (nSPS) is 10.4. The Balaban J connectivity index is 1.65. The van der Waals surface area contributed by atoms with Gasteiger partial charge in [-0.1, -0.05) is 0 Å². The molecule has 0 spiro atoms. The third-order valence-electron chi connectivity index (χ3n) is 2.89. The molecule has 1 aromatic carbocycles. The zero-order valence-electron chi connectivity index (χ0n) is 11.3. The van der Waals surface area contributed by atoms with Crippen molar-refractivity contribution in [3.8, 4) is 17.1 Å².